The van der Waals surface area contributed by atoms with Gasteiger partial charge in [0, 0.05) is 5.92 Å². The number of hydrogen-bond acceptors (Lipinski definition) is 2. The number of ether oxygens (including phenoxy) is 1. The highest BCUT2D eigenvalue weighted by Gasteiger charge is 2.41. The first-order chi connectivity index (χ1) is 10.6. The summed E-state index contributed by atoms with van der Waals surface area (Å²) in [5, 5.41) is 0. The van der Waals surface area contributed by atoms with Crippen LogP contribution in [-0.4, -0.2) is 12.1 Å². The minimum atomic E-state index is -0.239. The van der Waals surface area contributed by atoms with E-state index >= 15 is 0 Å². The number of rotatable bonds is 4. The van der Waals surface area contributed by atoms with Gasteiger partial charge < -0.3 is 4.74 Å². The van der Waals surface area contributed by atoms with E-state index in [4.69, 9.17) is 4.74 Å². The molecule has 0 aromatic heterocycles. The number of esters is 1. The van der Waals surface area contributed by atoms with Crippen molar-refractivity contribution < 1.29 is 13.9 Å². The van der Waals surface area contributed by atoms with Crippen LogP contribution in [0.4, 0.5) is 4.39 Å². The topological polar surface area (TPSA) is 26.3 Å². The van der Waals surface area contributed by atoms with Gasteiger partial charge in [0.2, 0.25) is 0 Å². The molecule has 114 valence electrons. The van der Waals surface area contributed by atoms with Crippen molar-refractivity contribution in [3.63, 3.8) is 0 Å². The summed E-state index contributed by atoms with van der Waals surface area (Å²) < 4.78 is 18.5. The molecule has 0 bridgehead atoms. The van der Waals surface area contributed by atoms with Gasteiger partial charge >= 0.3 is 5.97 Å². The summed E-state index contributed by atoms with van der Waals surface area (Å²) in [6.45, 7) is 1.94. The highest BCUT2D eigenvalue weighted by Crippen LogP contribution is 2.33. The molecule has 3 atom stereocenters. The molecule has 2 aromatic carbocycles. The molecular weight excluding hydrogens is 279 g/mol. The van der Waals surface area contributed by atoms with Crippen LogP contribution >= 0.6 is 0 Å². The van der Waals surface area contributed by atoms with Gasteiger partial charge in [-0.3, -0.25) is 4.79 Å². The summed E-state index contributed by atoms with van der Waals surface area (Å²) in [7, 11) is 0. The average molecular weight is 298 g/mol. The van der Waals surface area contributed by atoms with Crippen LogP contribution in [0.3, 0.4) is 0 Å². The third kappa shape index (κ3) is 3.19. The molecule has 0 aliphatic carbocycles. The van der Waals surface area contributed by atoms with Gasteiger partial charge in [-0.15, -0.1) is 0 Å². The van der Waals surface area contributed by atoms with E-state index in [-0.39, 0.29) is 29.7 Å². The predicted molar refractivity (Wildman–Crippen MR) is 82.8 cm³/mol. The molecule has 2 aromatic rings. The Bertz CT molecular complexity index is 636. The number of halogens is 1. The Balaban J connectivity index is 1.77. The van der Waals surface area contributed by atoms with Crippen LogP contribution < -0.4 is 0 Å². The second-order valence-corrected chi connectivity index (χ2v) is 5.93. The molecule has 1 aliphatic heterocycles. The van der Waals surface area contributed by atoms with E-state index in [2.05, 4.69) is 0 Å². The lowest BCUT2D eigenvalue weighted by Gasteiger charge is -2.18. The first kappa shape index (κ1) is 14.8. The van der Waals surface area contributed by atoms with Crippen LogP contribution in [0, 0.1) is 17.7 Å². The Morgan fingerprint density at radius 1 is 0.955 bits per heavy atom. The number of carbonyl (C=O) groups is 1. The monoisotopic (exact) mass is 298 g/mol. The molecule has 0 unspecified atom stereocenters. The Morgan fingerprint density at radius 3 is 2.27 bits per heavy atom. The van der Waals surface area contributed by atoms with Crippen LogP contribution in [0.15, 0.2) is 54.6 Å². The summed E-state index contributed by atoms with van der Waals surface area (Å²) >= 11 is 0. The van der Waals surface area contributed by atoms with Crippen LogP contribution in [0.5, 0.6) is 0 Å². The lowest BCUT2D eigenvalue weighted by atomic mass is 9.82. The number of hydrogen-bond donors (Lipinski definition) is 0. The fourth-order valence-corrected chi connectivity index (χ4v) is 3.16. The third-order valence-corrected chi connectivity index (χ3v) is 4.41. The summed E-state index contributed by atoms with van der Waals surface area (Å²) in [4.78, 5) is 12.2. The molecule has 0 N–H and O–H groups in total. The van der Waals surface area contributed by atoms with Gasteiger partial charge in [-0.25, -0.2) is 4.39 Å². The van der Waals surface area contributed by atoms with Gasteiger partial charge in [-0.05, 0) is 43.0 Å². The molecule has 2 nitrogen and oxygen atoms in total. The fraction of sp³-hybridized carbons (Fsp3) is 0.316. The second kappa shape index (κ2) is 6.30. The van der Waals surface area contributed by atoms with Crippen molar-refractivity contribution in [1.82, 2.24) is 0 Å². The van der Waals surface area contributed by atoms with E-state index < -0.39 is 0 Å². The number of benzene rings is 2. The minimum absolute atomic E-state index is 0.105. The predicted octanol–water partition coefficient (Wildman–Crippen LogP) is 3.79. The van der Waals surface area contributed by atoms with Crippen molar-refractivity contribution in [2.45, 2.75) is 25.9 Å². The SMILES string of the molecule is C[C@@H]1OC(=O)[C@H](Cc2ccccc2)[C@H]1Cc1ccc(F)cc1. The zero-order valence-corrected chi connectivity index (χ0v) is 12.5. The molecule has 0 amide bonds. The van der Waals surface area contributed by atoms with Crippen molar-refractivity contribution in [3.05, 3.63) is 71.5 Å². The zero-order chi connectivity index (χ0) is 15.5. The molecule has 1 heterocycles. The largest absolute Gasteiger partial charge is 0.462 e. The molecule has 1 saturated heterocycles. The quantitative estimate of drug-likeness (QED) is 0.803. The standard InChI is InChI=1S/C19H19FO2/c1-13-17(11-15-7-9-16(20)10-8-15)18(19(21)22-13)12-14-5-3-2-4-6-14/h2-10,13,17-18H,11-12H2,1H3/t13-,17-,18+/m0/s1. The van der Waals surface area contributed by atoms with E-state index in [9.17, 15) is 9.18 Å². The van der Waals surface area contributed by atoms with E-state index in [1.165, 1.54) is 12.1 Å². The maximum Gasteiger partial charge on any atom is 0.309 e. The summed E-state index contributed by atoms with van der Waals surface area (Å²) in [6, 6.07) is 16.5. The van der Waals surface area contributed by atoms with Crippen LogP contribution in [-0.2, 0) is 22.4 Å². The average Bonchev–Trinajstić information content (AvgIpc) is 2.77. The molecule has 22 heavy (non-hydrogen) atoms. The van der Waals surface area contributed by atoms with Gasteiger partial charge in [0.25, 0.3) is 0 Å². The maximum absolute atomic E-state index is 13.0. The van der Waals surface area contributed by atoms with E-state index in [1.54, 1.807) is 12.1 Å². The molecule has 1 aliphatic rings. The first-order valence-corrected chi connectivity index (χ1v) is 7.62. The van der Waals surface area contributed by atoms with Crippen LogP contribution in [0.1, 0.15) is 18.1 Å². The first-order valence-electron chi connectivity index (χ1n) is 7.62. The fourth-order valence-electron chi connectivity index (χ4n) is 3.16. The number of cyclic esters (lactones) is 1. The third-order valence-electron chi connectivity index (χ3n) is 4.41. The Hall–Kier alpha value is -2.16. The minimum Gasteiger partial charge on any atom is -0.462 e. The molecule has 0 saturated carbocycles. The summed E-state index contributed by atoms with van der Waals surface area (Å²) in [6.07, 6.45) is 1.31. The summed E-state index contributed by atoms with van der Waals surface area (Å²) in [5.41, 5.74) is 2.18. The van der Waals surface area contributed by atoms with Gasteiger partial charge in [0.1, 0.15) is 11.9 Å². The Labute approximate surface area is 129 Å². The molecule has 3 heteroatoms. The van der Waals surface area contributed by atoms with E-state index in [0.717, 1.165) is 17.5 Å². The molecule has 0 radical (unpaired) electrons. The van der Waals surface area contributed by atoms with Gasteiger partial charge in [-0.1, -0.05) is 42.5 Å². The van der Waals surface area contributed by atoms with E-state index in [0.29, 0.717) is 6.42 Å². The Kier molecular flexibility index (Phi) is 4.23. The van der Waals surface area contributed by atoms with Gasteiger partial charge in [0.05, 0.1) is 5.92 Å². The summed E-state index contributed by atoms with van der Waals surface area (Å²) in [5.74, 6) is -0.375. The smallest absolute Gasteiger partial charge is 0.309 e. The van der Waals surface area contributed by atoms with E-state index in [1.807, 2.05) is 37.3 Å². The second-order valence-electron chi connectivity index (χ2n) is 5.93. The van der Waals surface area contributed by atoms with Crippen molar-refractivity contribution in [2.75, 3.05) is 0 Å². The number of carbonyl (C=O) groups excluding carboxylic acids is 1. The highest BCUT2D eigenvalue weighted by atomic mass is 19.1. The molecular formula is C19H19FO2. The zero-order valence-electron chi connectivity index (χ0n) is 12.5. The maximum atomic E-state index is 13.0. The van der Waals surface area contributed by atoms with Crippen molar-refractivity contribution >= 4 is 5.97 Å². The van der Waals surface area contributed by atoms with Gasteiger partial charge in [0.15, 0.2) is 0 Å². The highest BCUT2D eigenvalue weighted by molar-refractivity contribution is 5.75. The Morgan fingerprint density at radius 2 is 1.59 bits per heavy atom. The normalized spacial score (nSPS) is 24.3. The van der Waals surface area contributed by atoms with Crippen molar-refractivity contribution in [1.29, 1.82) is 0 Å². The van der Waals surface area contributed by atoms with Crippen LogP contribution in [0.25, 0.3) is 0 Å². The molecule has 3 rings (SSSR count). The van der Waals surface area contributed by atoms with Crippen molar-refractivity contribution in [3.8, 4) is 0 Å². The van der Waals surface area contributed by atoms with Crippen molar-refractivity contribution in [2.24, 2.45) is 11.8 Å². The molecule has 1 fully saturated rings. The lowest BCUT2D eigenvalue weighted by molar-refractivity contribution is -0.143. The van der Waals surface area contributed by atoms with Gasteiger partial charge in [-0.2, -0.15) is 0 Å². The van der Waals surface area contributed by atoms with Crippen LogP contribution in [0.2, 0.25) is 0 Å². The molecule has 0 spiro atoms. The lowest BCUT2D eigenvalue weighted by Crippen LogP contribution is -2.23.